The average molecular weight is 457 g/mol. The van der Waals surface area contributed by atoms with Gasteiger partial charge in [0.05, 0.1) is 10.0 Å². The number of ketones is 4. The van der Waals surface area contributed by atoms with Crippen molar-refractivity contribution < 1.29 is 19.2 Å². The molecule has 0 atom stereocenters. The Morgan fingerprint density at radius 2 is 0.875 bits per heavy atom. The lowest BCUT2D eigenvalue weighted by Gasteiger charge is -2.11. The quantitative estimate of drug-likeness (QED) is 0.400. The highest BCUT2D eigenvalue weighted by atomic mass is 32.1. The summed E-state index contributed by atoms with van der Waals surface area (Å²) in [5.41, 5.74) is 1.98. The van der Waals surface area contributed by atoms with E-state index < -0.39 is 0 Å². The van der Waals surface area contributed by atoms with E-state index in [0.29, 0.717) is 54.9 Å². The molecule has 8 heteroatoms. The predicted octanol–water partition coefficient (Wildman–Crippen LogP) is 3.94. The Balaban J connectivity index is 1.28. The number of hydrogen-bond acceptors (Lipinski definition) is 8. The van der Waals surface area contributed by atoms with E-state index in [1.54, 1.807) is 48.5 Å². The molecule has 0 saturated carbocycles. The maximum atomic E-state index is 12.8. The van der Waals surface area contributed by atoms with E-state index in [9.17, 15) is 19.2 Å². The summed E-state index contributed by atoms with van der Waals surface area (Å²) in [5.74, 6) is -0.844. The van der Waals surface area contributed by atoms with Crippen molar-refractivity contribution in [1.82, 2.24) is 9.97 Å². The summed E-state index contributed by atoms with van der Waals surface area (Å²) in [6.45, 7) is 0. The fourth-order valence-electron chi connectivity index (χ4n) is 4.03. The topological polar surface area (TPSA) is 94.1 Å². The lowest BCUT2D eigenvalue weighted by Crippen LogP contribution is -2.19. The summed E-state index contributed by atoms with van der Waals surface area (Å²) >= 11 is 2.43. The van der Waals surface area contributed by atoms with Gasteiger partial charge in [0, 0.05) is 35.1 Å². The zero-order chi connectivity index (χ0) is 22.0. The van der Waals surface area contributed by atoms with Crippen molar-refractivity contribution in [2.45, 2.75) is 12.8 Å². The second-order valence-corrected chi connectivity index (χ2v) is 9.65. The van der Waals surface area contributed by atoms with Crippen LogP contribution in [-0.4, -0.2) is 33.1 Å². The Hall–Kier alpha value is -3.62. The maximum Gasteiger partial charge on any atom is 0.213 e. The molecular weight excluding hydrogens is 444 g/mol. The van der Waals surface area contributed by atoms with E-state index in [4.69, 9.17) is 0 Å². The number of aryl methyl sites for hydroxylation is 2. The molecule has 0 unspecified atom stereocenters. The van der Waals surface area contributed by atoms with Crippen molar-refractivity contribution in [3.05, 3.63) is 102 Å². The summed E-state index contributed by atoms with van der Waals surface area (Å²) in [6.07, 6.45) is 0.909. The molecule has 0 amide bonds. The van der Waals surface area contributed by atoms with Crippen LogP contribution >= 0.6 is 22.7 Å². The van der Waals surface area contributed by atoms with Crippen LogP contribution in [0.25, 0.3) is 0 Å². The van der Waals surface area contributed by atoms with E-state index >= 15 is 0 Å². The van der Waals surface area contributed by atoms with Gasteiger partial charge in [-0.1, -0.05) is 48.5 Å². The zero-order valence-electron chi connectivity index (χ0n) is 16.4. The minimum Gasteiger partial charge on any atom is -0.288 e. The predicted molar refractivity (Wildman–Crippen MR) is 118 cm³/mol. The van der Waals surface area contributed by atoms with Gasteiger partial charge in [-0.3, -0.25) is 19.2 Å². The number of aromatic nitrogens is 2. The number of hydrogen-bond donors (Lipinski definition) is 0. The van der Waals surface area contributed by atoms with Gasteiger partial charge >= 0.3 is 0 Å². The Labute approximate surface area is 189 Å². The second kappa shape index (κ2) is 6.94. The van der Waals surface area contributed by atoms with Gasteiger partial charge in [0.15, 0.2) is 0 Å². The number of fused-ring (bicyclic) bond motifs is 4. The highest BCUT2D eigenvalue weighted by molar-refractivity contribution is 7.15. The van der Waals surface area contributed by atoms with Gasteiger partial charge in [0.1, 0.15) is 21.1 Å². The molecule has 2 aliphatic rings. The molecule has 154 valence electrons. The van der Waals surface area contributed by atoms with E-state index in [1.165, 1.54) is 22.7 Å². The normalized spacial score (nSPS) is 14.1. The molecule has 0 bridgehead atoms. The molecule has 0 saturated heterocycles. The standard InChI is InChI=1S/C24H12N2O4S2/c27-19-11-5-1-3-7-13(11)21(29)23-17(19)25-15(31-23)9-10-16-26-18-20(28)12-6-2-4-8-14(12)22(30)24(18)32-16/h1-8H,9-10H2. The summed E-state index contributed by atoms with van der Waals surface area (Å²) < 4.78 is 0. The third-order valence-electron chi connectivity index (χ3n) is 5.57. The van der Waals surface area contributed by atoms with Crippen LogP contribution in [0.4, 0.5) is 0 Å². The Kier molecular flexibility index (Phi) is 4.14. The molecule has 32 heavy (non-hydrogen) atoms. The largest absolute Gasteiger partial charge is 0.288 e. The fraction of sp³-hybridized carbons (Fsp3) is 0.0833. The summed E-state index contributed by atoms with van der Waals surface area (Å²) in [6, 6.07) is 13.5. The number of rotatable bonds is 3. The molecule has 2 heterocycles. The number of carbonyl (C=O) groups is 4. The van der Waals surface area contributed by atoms with Crippen LogP contribution < -0.4 is 0 Å². The van der Waals surface area contributed by atoms with Crippen LogP contribution in [0.5, 0.6) is 0 Å². The summed E-state index contributed by atoms with van der Waals surface area (Å²) in [5, 5.41) is 1.30. The minimum absolute atomic E-state index is 0.183. The number of carbonyl (C=O) groups excluding carboxylic acids is 4. The molecule has 0 spiro atoms. The molecule has 0 radical (unpaired) electrons. The molecule has 2 aliphatic carbocycles. The van der Waals surface area contributed by atoms with Crippen molar-refractivity contribution in [1.29, 1.82) is 0 Å². The lowest BCUT2D eigenvalue weighted by atomic mass is 9.91. The third-order valence-corrected chi connectivity index (χ3v) is 7.80. The smallest absolute Gasteiger partial charge is 0.213 e. The van der Waals surface area contributed by atoms with Gasteiger partial charge in [-0.25, -0.2) is 9.97 Å². The van der Waals surface area contributed by atoms with Crippen LogP contribution in [0.1, 0.15) is 72.6 Å². The van der Waals surface area contributed by atoms with Gasteiger partial charge in [0.2, 0.25) is 23.1 Å². The molecule has 2 aromatic heterocycles. The highest BCUT2D eigenvalue weighted by Crippen LogP contribution is 2.33. The molecule has 4 aromatic rings. The zero-order valence-corrected chi connectivity index (χ0v) is 18.0. The molecular formula is C24H12N2O4S2. The second-order valence-electron chi connectivity index (χ2n) is 7.48. The van der Waals surface area contributed by atoms with Crippen LogP contribution in [0.2, 0.25) is 0 Å². The summed E-state index contributed by atoms with van der Waals surface area (Å²) in [4.78, 5) is 60.7. The van der Waals surface area contributed by atoms with E-state index in [2.05, 4.69) is 9.97 Å². The van der Waals surface area contributed by atoms with Crippen LogP contribution in [0, 0.1) is 0 Å². The number of benzene rings is 2. The monoisotopic (exact) mass is 456 g/mol. The van der Waals surface area contributed by atoms with E-state index in [0.717, 1.165) is 0 Å². The first-order valence-corrected chi connectivity index (χ1v) is 11.5. The van der Waals surface area contributed by atoms with Crippen molar-refractivity contribution in [3.63, 3.8) is 0 Å². The molecule has 0 aliphatic heterocycles. The van der Waals surface area contributed by atoms with Crippen LogP contribution in [0.15, 0.2) is 48.5 Å². The minimum atomic E-state index is -0.239. The van der Waals surface area contributed by atoms with Crippen LogP contribution in [-0.2, 0) is 12.8 Å². The van der Waals surface area contributed by atoms with Crippen LogP contribution in [0.3, 0.4) is 0 Å². The van der Waals surface area contributed by atoms with Crippen molar-refractivity contribution in [3.8, 4) is 0 Å². The van der Waals surface area contributed by atoms with Gasteiger partial charge in [-0.2, -0.15) is 0 Å². The third kappa shape index (κ3) is 2.70. The molecule has 6 nitrogen and oxygen atoms in total. The first kappa shape index (κ1) is 19.1. The van der Waals surface area contributed by atoms with Gasteiger partial charge in [-0.15, -0.1) is 22.7 Å². The van der Waals surface area contributed by atoms with Gasteiger partial charge in [0.25, 0.3) is 0 Å². The Morgan fingerprint density at radius 3 is 1.25 bits per heavy atom. The van der Waals surface area contributed by atoms with Crippen molar-refractivity contribution >= 4 is 45.8 Å². The number of nitrogens with zero attached hydrogens (tertiary/aromatic N) is 2. The maximum absolute atomic E-state index is 12.8. The first-order chi connectivity index (χ1) is 15.5. The number of thiazole rings is 2. The average Bonchev–Trinajstić information content (AvgIpc) is 3.45. The molecule has 2 aromatic carbocycles. The van der Waals surface area contributed by atoms with E-state index in [-0.39, 0.29) is 34.5 Å². The van der Waals surface area contributed by atoms with Crippen molar-refractivity contribution in [2.75, 3.05) is 0 Å². The van der Waals surface area contributed by atoms with Gasteiger partial charge in [-0.05, 0) is 0 Å². The fourth-order valence-corrected chi connectivity index (χ4v) is 6.06. The Morgan fingerprint density at radius 1 is 0.531 bits per heavy atom. The Bertz CT molecular complexity index is 1290. The van der Waals surface area contributed by atoms with E-state index in [1.807, 2.05) is 0 Å². The molecule has 0 fully saturated rings. The lowest BCUT2D eigenvalue weighted by molar-refractivity contribution is 0.0979. The molecule has 6 rings (SSSR count). The van der Waals surface area contributed by atoms with Gasteiger partial charge < -0.3 is 0 Å². The summed E-state index contributed by atoms with van der Waals surface area (Å²) in [7, 11) is 0. The van der Waals surface area contributed by atoms with Crippen molar-refractivity contribution in [2.24, 2.45) is 0 Å². The first-order valence-electron chi connectivity index (χ1n) is 9.89. The SMILES string of the molecule is O=C1c2ccccc2C(=O)c2sc(CCc3nc4c(s3)C(=O)c3ccccc3C4=O)nc21. The highest BCUT2D eigenvalue weighted by Gasteiger charge is 2.34. The molecule has 0 N–H and O–H groups in total.